The smallest absolute Gasteiger partial charge is 0.348 e. The van der Waals surface area contributed by atoms with Gasteiger partial charge >= 0.3 is 5.97 Å². The van der Waals surface area contributed by atoms with E-state index < -0.39 is 5.97 Å². The van der Waals surface area contributed by atoms with Gasteiger partial charge in [-0.25, -0.2) is 9.78 Å². The van der Waals surface area contributed by atoms with Crippen LogP contribution in [0.15, 0.2) is 18.2 Å². The zero-order valence-electron chi connectivity index (χ0n) is 10.9. The van der Waals surface area contributed by atoms with Crippen molar-refractivity contribution in [2.45, 2.75) is 6.92 Å². The number of aromatic nitrogens is 1. The molecule has 0 saturated carbocycles. The summed E-state index contributed by atoms with van der Waals surface area (Å²) in [5, 5.41) is 12.0. The lowest BCUT2D eigenvalue weighted by atomic mass is 10.1. The number of benzene rings is 1. The number of nitrogens with one attached hydrogen (secondary N) is 1. The summed E-state index contributed by atoms with van der Waals surface area (Å²) in [5.41, 5.74) is 0.874. The molecule has 21 heavy (non-hydrogen) atoms. The molecule has 0 saturated heterocycles. The van der Waals surface area contributed by atoms with Crippen molar-refractivity contribution in [3.05, 3.63) is 23.1 Å². The average molecular weight is 306 g/mol. The highest BCUT2D eigenvalue weighted by Crippen LogP contribution is 2.38. The van der Waals surface area contributed by atoms with E-state index in [1.165, 1.54) is 6.92 Å². The molecule has 1 aliphatic rings. The van der Waals surface area contributed by atoms with Gasteiger partial charge in [0.25, 0.3) is 0 Å². The minimum absolute atomic E-state index is 0.0533. The van der Waals surface area contributed by atoms with Crippen molar-refractivity contribution >= 4 is 28.3 Å². The van der Waals surface area contributed by atoms with E-state index in [0.717, 1.165) is 11.3 Å². The number of hydrogen-bond acceptors (Lipinski definition) is 6. The van der Waals surface area contributed by atoms with Gasteiger partial charge in [-0.15, -0.1) is 0 Å². The van der Waals surface area contributed by atoms with Crippen LogP contribution in [-0.2, 0) is 4.79 Å². The van der Waals surface area contributed by atoms with Crippen LogP contribution in [0.5, 0.6) is 11.5 Å². The molecule has 0 fully saturated rings. The fourth-order valence-electron chi connectivity index (χ4n) is 1.91. The van der Waals surface area contributed by atoms with Gasteiger partial charge in [-0.1, -0.05) is 11.3 Å². The molecule has 0 aliphatic carbocycles. The van der Waals surface area contributed by atoms with E-state index in [0.29, 0.717) is 17.1 Å². The number of carboxylic acids is 1. The van der Waals surface area contributed by atoms with Crippen LogP contribution in [0.3, 0.4) is 0 Å². The van der Waals surface area contributed by atoms with E-state index in [2.05, 4.69) is 10.3 Å². The lowest BCUT2D eigenvalue weighted by molar-refractivity contribution is -0.114. The fraction of sp³-hybridized carbons (Fsp3) is 0.154. The summed E-state index contributed by atoms with van der Waals surface area (Å²) in [6, 6.07) is 5.06. The third kappa shape index (κ3) is 2.52. The molecule has 2 aromatic rings. The first-order chi connectivity index (χ1) is 10.0. The average Bonchev–Trinajstić information content (AvgIpc) is 3.02. The molecule has 7 nitrogen and oxygen atoms in total. The van der Waals surface area contributed by atoms with Crippen molar-refractivity contribution < 1.29 is 24.2 Å². The standard InChI is InChI=1S/C13H10N2O5S/c1-6(16)14-13-15-10(11(21-13)12(17)18)7-2-3-8-9(4-7)20-5-19-8/h2-4H,5H2,1H3,(H,17,18)(H,14,15,16). The number of carbonyl (C=O) groups excluding carboxylic acids is 1. The maximum atomic E-state index is 11.3. The van der Waals surface area contributed by atoms with Crippen molar-refractivity contribution in [2.24, 2.45) is 0 Å². The number of hydrogen-bond donors (Lipinski definition) is 2. The van der Waals surface area contributed by atoms with Gasteiger partial charge in [0.2, 0.25) is 12.7 Å². The summed E-state index contributed by atoms with van der Waals surface area (Å²) in [6.45, 7) is 1.47. The van der Waals surface area contributed by atoms with E-state index in [1.54, 1.807) is 18.2 Å². The minimum Gasteiger partial charge on any atom is -0.477 e. The predicted octanol–water partition coefficient (Wildman–Crippen LogP) is 2.20. The molecule has 0 radical (unpaired) electrons. The lowest BCUT2D eigenvalue weighted by Gasteiger charge is -2.01. The van der Waals surface area contributed by atoms with E-state index in [4.69, 9.17) is 9.47 Å². The molecule has 2 N–H and O–H groups in total. The molecule has 1 aromatic carbocycles. The van der Waals surface area contributed by atoms with Crippen LogP contribution >= 0.6 is 11.3 Å². The lowest BCUT2D eigenvalue weighted by Crippen LogP contribution is -2.04. The normalized spacial score (nSPS) is 12.2. The number of fused-ring (bicyclic) bond motifs is 1. The van der Waals surface area contributed by atoms with Gasteiger partial charge in [0.1, 0.15) is 4.88 Å². The Kier molecular flexibility index (Phi) is 3.22. The van der Waals surface area contributed by atoms with Crippen molar-refractivity contribution in [3.63, 3.8) is 0 Å². The number of carboxylic acid groups (broad SMARTS) is 1. The summed E-state index contributed by atoms with van der Waals surface area (Å²) in [7, 11) is 0. The summed E-state index contributed by atoms with van der Waals surface area (Å²) in [4.78, 5) is 26.6. The summed E-state index contributed by atoms with van der Waals surface area (Å²) in [5.74, 6) is -0.263. The molecule has 0 spiro atoms. The molecule has 1 aromatic heterocycles. The van der Waals surface area contributed by atoms with E-state index in [9.17, 15) is 14.7 Å². The number of carbonyl (C=O) groups is 2. The maximum Gasteiger partial charge on any atom is 0.348 e. The Bertz CT molecular complexity index is 740. The van der Waals surface area contributed by atoms with Gasteiger partial charge < -0.3 is 19.9 Å². The SMILES string of the molecule is CC(=O)Nc1nc(-c2ccc3c(c2)OCO3)c(C(=O)O)s1. The quantitative estimate of drug-likeness (QED) is 0.902. The monoisotopic (exact) mass is 306 g/mol. The van der Waals surface area contributed by atoms with Crippen LogP contribution in [0.1, 0.15) is 16.6 Å². The van der Waals surface area contributed by atoms with Crippen LogP contribution in [0.2, 0.25) is 0 Å². The van der Waals surface area contributed by atoms with Gasteiger partial charge in [0.05, 0.1) is 5.69 Å². The zero-order chi connectivity index (χ0) is 15.0. The van der Waals surface area contributed by atoms with Gasteiger partial charge in [-0.2, -0.15) is 0 Å². The van der Waals surface area contributed by atoms with Crippen LogP contribution in [0.4, 0.5) is 5.13 Å². The molecule has 1 aliphatic heterocycles. The van der Waals surface area contributed by atoms with Crippen LogP contribution in [0.25, 0.3) is 11.3 Å². The Morgan fingerprint density at radius 2 is 2.10 bits per heavy atom. The molecule has 3 rings (SSSR count). The summed E-state index contributed by atoms with van der Waals surface area (Å²) >= 11 is 0.909. The molecular weight excluding hydrogens is 296 g/mol. The van der Waals surface area contributed by atoms with Crippen molar-refractivity contribution in [3.8, 4) is 22.8 Å². The highest BCUT2D eigenvalue weighted by atomic mass is 32.1. The number of amides is 1. The van der Waals surface area contributed by atoms with Crippen molar-refractivity contribution in [1.29, 1.82) is 0 Å². The number of rotatable bonds is 3. The topological polar surface area (TPSA) is 97.8 Å². The predicted molar refractivity (Wildman–Crippen MR) is 74.9 cm³/mol. The largest absolute Gasteiger partial charge is 0.477 e. The first-order valence-electron chi connectivity index (χ1n) is 5.96. The number of nitrogens with zero attached hydrogens (tertiary/aromatic N) is 1. The zero-order valence-corrected chi connectivity index (χ0v) is 11.7. The fourth-order valence-corrected chi connectivity index (χ4v) is 2.78. The minimum atomic E-state index is -1.10. The van der Waals surface area contributed by atoms with Crippen LogP contribution < -0.4 is 14.8 Å². The molecule has 2 heterocycles. The Hall–Kier alpha value is -2.61. The molecular formula is C13H10N2O5S. The molecule has 8 heteroatoms. The molecule has 0 bridgehead atoms. The summed E-state index contributed by atoms with van der Waals surface area (Å²) in [6.07, 6.45) is 0. The third-order valence-electron chi connectivity index (χ3n) is 2.75. The molecule has 108 valence electrons. The highest BCUT2D eigenvalue weighted by molar-refractivity contribution is 7.18. The Morgan fingerprint density at radius 3 is 2.81 bits per heavy atom. The Balaban J connectivity index is 2.06. The number of thiazole rings is 1. The van der Waals surface area contributed by atoms with Crippen LogP contribution in [0, 0.1) is 0 Å². The van der Waals surface area contributed by atoms with E-state index >= 15 is 0 Å². The second kappa shape index (κ2) is 5.06. The highest BCUT2D eigenvalue weighted by Gasteiger charge is 2.22. The van der Waals surface area contributed by atoms with Crippen molar-refractivity contribution in [2.75, 3.05) is 12.1 Å². The Labute approximate surface area is 123 Å². The van der Waals surface area contributed by atoms with Gasteiger partial charge in [-0.3, -0.25) is 4.79 Å². The number of ether oxygens (including phenoxy) is 2. The number of anilines is 1. The first kappa shape index (κ1) is 13.4. The van der Waals surface area contributed by atoms with Gasteiger partial charge in [0, 0.05) is 12.5 Å². The molecule has 0 atom stereocenters. The number of aromatic carboxylic acids is 1. The first-order valence-corrected chi connectivity index (χ1v) is 6.78. The van der Waals surface area contributed by atoms with Gasteiger partial charge in [0.15, 0.2) is 16.6 Å². The van der Waals surface area contributed by atoms with Crippen molar-refractivity contribution in [1.82, 2.24) is 4.98 Å². The van der Waals surface area contributed by atoms with E-state index in [1.807, 2.05) is 0 Å². The van der Waals surface area contributed by atoms with E-state index in [-0.39, 0.29) is 28.4 Å². The maximum absolute atomic E-state index is 11.3. The van der Waals surface area contributed by atoms with Crippen LogP contribution in [-0.4, -0.2) is 28.8 Å². The third-order valence-corrected chi connectivity index (χ3v) is 3.71. The second-order valence-electron chi connectivity index (χ2n) is 4.25. The molecule has 1 amide bonds. The Morgan fingerprint density at radius 1 is 1.33 bits per heavy atom. The summed E-state index contributed by atoms with van der Waals surface area (Å²) < 4.78 is 10.5. The molecule has 0 unspecified atom stereocenters. The second-order valence-corrected chi connectivity index (χ2v) is 5.25. The van der Waals surface area contributed by atoms with Gasteiger partial charge in [-0.05, 0) is 18.2 Å².